The fourth-order valence-corrected chi connectivity index (χ4v) is 1.54. The van der Waals surface area contributed by atoms with E-state index in [1.165, 1.54) is 0 Å². The van der Waals surface area contributed by atoms with Crippen LogP contribution in [0.3, 0.4) is 0 Å². The zero-order valence-corrected chi connectivity index (χ0v) is 7.07. The molecule has 0 radical (unpaired) electrons. The Morgan fingerprint density at radius 1 is 1.50 bits per heavy atom. The summed E-state index contributed by atoms with van der Waals surface area (Å²) in [6.45, 7) is 8.82. The Balaban J connectivity index is 2.34. The molecule has 0 spiro atoms. The lowest BCUT2D eigenvalue weighted by atomic mass is 10.0. The van der Waals surface area contributed by atoms with Gasteiger partial charge in [-0.3, -0.25) is 5.01 Å². The monoisotopic (exact) mass is 167 g/mol. The van der Waals surface area contributed by atoms with Crippen LogP contribution in [0.4, 0.5) is 0 Å². The number of hydrogen-bond donors (Lipinski definition) is 0. The minimum absolute atomic E-state index is 0.481. The van der Waals surface area contributed by atoms with Crippen molar-refractivity contribution in [3.63, 3.8) is 0 Å². The van der Waals surface area contributed by atoms with Gasteiger partial charge in [-0.05, 0) is 19.3 Å². The van der Waals surface area contributed by atoms with Crippen molar-refractivity contribution in [1.29, 1.82) is 0 Å². The molecule has 4 heteroatoms. The Kier molecular flexibility index (Phi) is 3.52. The highest BCUT2D eigenvalue weighted by Crippen LogP contribution is 2.17. The van der Waals surface area contributed by atoms with Crippen LogP contribution in [0.1, 0.15) is 19.3 Å². The molecule has 0 aromatic carbocycles. The third kappa shape index (κ3) is 2.50. The fourth-order valence-electron chi connectivity index (χ4n) is 1.54. The van der Waals surface area contributed by atoms with E-state index in [0.29, 0.717) is 12.5 Å². The van der Waals surface area contributed by atoms with Crippen LogP contribution in [-0.2, 0) is 0 Å². The molecule has 1 heterocycles. The van der Waals surface area contributed by atoms with E-state index in [2.05, 4.69) is 10.1 Å². The average Bonchev–Trinajstić information content (AvgIpc) is 2.31. The van der Waals surface area contributed by atoms with Crippen LogP contribution in [0, 0.1) is 17.4 Å². The quantitative estimate of drug-likeness (QED) is 0.463. The van der Waals surface area contributed by atoms with Gasteiger partial charge in [-0.15, -0.1) is 4.91 Å². The normalized spacial score (nSPS) is 24.2. The zero-order chi connectivity index (χ0) is 8.81. The third-order valence-electron chi connectivity index (χ3n) is 2.29. The molecule has 1 aliphatic rings. The van der Waals surface area contributed by atoms with Crippen LogP contribution in [0.25, 0.3) is 4.85 Å². The topological polar surface area (TPSA) is 37.0 Å². The maximum atomic E-state index is 10.2. The van der Waals surface area contributed by atoms with Crippen LogP contribution in [-0.4, -0.2) is 24.6 Å². The number of nitroso groups, excluding NO2 is 1. The summed E-state index contributed by atoms with van der Waals surface area (Å²) < 4.78 is 0. The van der Waals surface area contributed by atoms with Gasteiger partial charge in [0.1, 0.15) is 0 Å². The lowest BCUT2D eigenvalue weighted by Crippen LogP contribution is -2.17. The van der Waals surface area contributed by atoms with Gasteiger partial charge in [0.2, 0.25) is 6.54 Å². The van der Waals surface area contributed by atoms with E-state index >= 15 is 0 Å². The van der Waals surface area contributed by atoms with Crippen molar-refractivity contribution in [2.24, 2.45) is 11.2 Å². The van der Waals surface area contributed by atoms with Crippen LogP contribution in [0.15, 0.2) is 5.29 Å². The first-order valence-electron chi connectivity index (χ1n) is 4.28. The molecular formula is C8H13N3O. The summed E-state index contributed by atoms with van der Waals surface area (Å²) in [5, 5.41) is 4.47. The molecule has 1 rings (SSSR count). The summed E-state index contributed by atoms with van der Waals surface area (Å²) >= 11 is 0. The first-order valence-corrected chi connectivity index (χ1v) is 4.28. The molecule has 0 N–H and O–H groups in total. The molecule has 0 saturated carbocycles. The van der Waals surface area contributed by atoms with E-state index in [1.54, 1.807) is 5.01 Å². The van der Waals surface area contributed by atoms with E-state index < -0.39 is 0 Å². The lowest BCUT2D eigenvalue weighted by Gasteiger charge is -2.09. The molecule has 0 bridgehead atoms. The van der Waals surface area contributed by atoms with Gasteiger partial charge in [-0.25, -0.2) is 6.57 Å². The molecule has 12 heavy (non-hydrogen) atoms. The van der Waals surface area contributed by atoms with E-state index in [1.807, 2.05) is 0 Å². The van der Waals surface area contributed by atoms with Crippen molar-refractivity contribution in [2.45, 2.75) is 19.3 Å². The smallest absolute Gasteiger partial charge is 0.217 e. The molecule has 4 nitrogen and oxygen atoms in total. The SMILES string of the molecule is [C-]#[N+]CC1CCCN(N=O)CC1. The lowest BCUT2D eigenvalue weighted by molar-refractivity contribution is 0.292. The average molecular weight is 167 g/mol. The number of nitrogens with zero attached hydrogens (tertiary/aromatic N) is 3. The van der Waals surface area contributed by atoms with Gasteiger partial charge in [0.15, 0.2) is 0 Å². The number of rotatable bonds is 2. The first-order chi connectivity index (χ1) is 5.86. The van der Waals surface area contributed by atoms with Gasteiger partial charge in [0.25, 0.3) is 0 Å². The molecule has 0 aromatic rings. The summed E-state index contributed by atoms with van der Waals surface area (Å²) in [5.74, 6) is 0.481. The Bertz CT molecular complexity index is 187. The minimum atomic E-state index is 0.481. The van der Waals surface area contributed by atoms with Gasteiger partial charge < -0.3 is 4.85 Å². The van der Waals surface area contributed by atoms with E-state index in [-0.39, 0.29) is 0 Å². The second-order valence-electron chi connectivity index (χ2n) is 3.17. The Morgan fingerprint density at radius 3 is 3.00 bits per heavy atom. The van der Waals surface area contributed by atoms with Crippen molar-refractivity contribution >= 4 is 0 Å². The van der Waals surface area contributed by atoms with Crippen molar-refractivity contribution in [3.05, 3.63) is 16.3 Å². The Hall–Kier alpha value is -1.11. The van der Waals surface area contributed by atoms with Crippen LogP contribution >= 0.6 is 0 Å². The molecule has 66 valence electrons. The number of hydrogen-bond acceptors (Lipinski definition) is 2. The summed E-state index contributed by atoms with van der Waals surface area (Å²) in [6, 6.07) is 0. The Labute approximate surface area is 72.3 Å². The predicted molar refractivity (Wildman–Crippen MR) is 46.2 cm³/mol. The van der Waals surface area contributed by atoms with Gasteiger partial charge in [0.05, 0.1) is 5.29 Å². The van der Waals surface area contributed by atoms with Crippen molar-refractivity contribution in [3.8, 4) is 0 Å². The molecule has 1 unspecified atom stereocenters. The van der Waals surface area contributed by atoms with Crippen LogP contribution < -0.4 is 0 Å². The molecule has 1 fully saturated rings. The van der Waals surface area contributed by atoms with Gasteiger partial charge in [-0.2, -0.15) is 0 Å². The summed E-state index contributed by atoms with van der Waals surface area (Å²) in [4.78, 5) is 13.6. The molecular weight excluding hydrogens is 154 g/mol. The highest BCUT2D eigenvalue weighted by Gasteiger charge is 2.18. The second kappa shape index (κ2) is 4.70. The summed E-state index contributed by atoms with van der Waals surface area (Å²) in [7, 11) is 0. The van der Waals surface area contributed by atoms with E-state index in [9.17, 15) is 4.91 Å². The van der Waals surface area contributed by atoms with E-state index in [4.69, 9.17) is 6.57 Å². The van der Waals surface area contributed by atoms with Gasteiger partial charge in [0, 0.05) is 19.0 Å². The third-order valence-corrected chi connectivity index (χ3v) is 2.29. The van der Waals surface area contributed by atoms with Crippen molar-refractivity contribution in [1.82, 2.24) is 5.01 Å². The first kappa shape index (κ1) is 8.98. The van der Waals surface area contributed by atoms with Crippen molar-refractivity contribution < 1.29 is 0 Å². The molecule has 0 amide bonds. The molecule has 1 saturated heterocycles. The van der Waals surface area contributed by atoms with E-state index in [0.717, 1.165) is 32.4 Å². The maximum absolute atomic E-state index is 10.2. The largest absolute Gasteiger partial charge is 0.317 e. The highest BCUT2D eigenvalue weighted by molar-refractivity contribution is 4.74. The predicted octanol–water partition coefficient (Wildman–Crippen LogP) is 1.69. The zero-order valence-electron chi connectivity index (χ0n) is 7.07. The van der Waals surface area contributed by atoms with Crippen LogP contribution in [0.2, 0.25) is 0 Å². The fraction of sp³-hybridized carbons (Fsp3) is 0.875. The maximum Gasteiger partial charge on any atom is 0.217 e. The second-order valence-corrected chi connectivity index (χ2v) is 3.17. The molecule has 0 aromatic heterocycles. The Morgan fingerprint density at radius 2 is 2.33 bits per heavy atom. The highest BCUT2D eigenvalue weighted by atomic mass is 16.3. The molecule has 0 aliphatic carbocycles. The van der Waals surface area contributed by atoms with Gasteiger partial charge >= 0.3 is 0 Å². The standard InChI is InChI=1S/C8H13N3O/c1-9-7-8-3-2-5-11(10-12)6-4-8/h8H,2-7H2. The van der Waals surface area contributed by atoms with Crippen molar-refractivity contribution in [2.75, 3.05) is 19.6 Å². The van der Waals surface area contributed by atoms with Crippen LogP contribution in [0.5, 0.6) is 0 Å². The molecule has 1 atom stereocenters. The molecule has 1 aliphatic heterocycles. The van der Waals surface area contributed by atoms with Gasteiger partial charge in [-0.1, -0.05) is 0 Å². The summed E-state index contributed by atoms with van der Waals surface area (Å²) in [5.41, 5.74) is 0. The summed E-state index contributed by atoms with van der Waals surface area (Å²) in [6.07, 6.45) is 2.99. The minimum Gasteiger partial charge on any atom is -0.317 e.